The molecule has 2 fully saturated rings. The molecule has 1 N–H and O–H groups in total. The molecule has 0 saturated carbocycles. The van der Waals surface area contributed by atoms with Crippen LogP contribution in [0.4, 0.5) is 0 Å². The molecule has 0 aliphatic carbocycles. The third-order valence-electron chi connectivity index (χ3n) is 7.06. The van der Waals surface area contributed by atoms with Crippen LogP contribution >= 0.6 is 0 Å². The summed E-state index contributed by atoms with van der Waals surface area (Å²) >= 11 is 0. The van der Waals surface area contributed by atoms with Gasteiger partial charge < -0.3 is 24.4 Å². The summed E-state index contributed by atoms with van der Waals surface area (Å²) in [5.74, 6) is 3.26. The second kappa shape index (κ2) is 9.41. The topological polar surface area (TPSA) is 55.3 Å². The predicted molar refractivity (Wildman–Crippen MR) is 126 cm³/mol. The standard InChI is InChI=1S/C26H33N3O3/c1-2-27-25(29-13-10-21(17-29)20-6-4-3-5-7-20)28-18-26(11-14-30-15-12-26)22-8-9-23-24(16-22)32-19-31-23/h3-9,16,21H,2,10-15,17-19H2,1H3,(H,27,28). The number of nitrogens with one attached hydrogen (secondary N) is 1. The molecule has 0 bridgehead atoms. The van der Waals surface area contributed by atoms with Crippen molar-refractivity contribution in [3.63, 3.8) is 0 Å². The van der Waals surface area contributed by atoms with Crippen LogP contribution in [-0.4, -0.2) is 57.0 Å². The fraction of sp³-hybridized carbons (Fsp3) is 0.500. The van der Waals surface area contributed by atoms with Crippen LogP contribution in [-0.2, 0) is 10.2 Å². The molecule has 2 saturated heterocycles. The maximum Gasteiger partial charge on any atom is 0.231 e. The summed E-state index contributed by atoms with van der Waals surface area (Å²) < 4.78 is 16.9. The van der Waals surface area contributed by atoms with Gasteiger partial charge in [-0.25, -0.2) is 0 Å². The molecule has 3 heterocycles. The molecule has 2 aromatic carbocycles. The zero-order valence-corrected chi connectivity index (χ0v) is 18.9. The van der Waals surface area contributed by atoms with Gasteiger partial charge in [-0.2, -0.15) is 0 Å². The first-order valence-corrected chi connectivity index (χ1v) is 11.8. The van der Waals surface area contributed by atoms with Crippen molar-refractivity contribution >= 4 is 5.96 Å². The van der Waals surface area contributed by atoms with E-state index in [1.807, 2.05) is 6.07 Å². The van der Waals surface area contributed by atoms with Gasteiger partial charge in [0, 0.05) is 44.2 Å². The first-order chi connectivity index (χ1) is 15.8. The van der Waals surface area contributed by atoms with Gasteiger partial charge in [0.15, 0.2) is 17.5 Å². The smallest absolute Gasteiger partial charge is 0.231 e. The number of likely N-dealkylation sites (tertiary alicyclic amines) is 1. The van der Waals surface area contributed by atoms with Crippen molar-refractivity contribution in [1.29, 1.82) is 0 Å². The third-order valence-corrected chi connectivity index (χ3v) is 7.06. The molecule has 3 aliphatic heterocycles. The van der Waals surface area contributed by atoms with E-state index in [0.29, 0.717) is 12.7 Å². The van der Waals surface area contributed by atoms with Crippen LogP contribution in [0.1, 0.15) is 43.2 Å². The first-order valence-electron chi connectivity index (χ1n) is 11.8. The van der Waals surface area contributed by atoms with Gasteiger partial charge >= 0.3 is 0 Å². The lowest BCUT2D eigenvalue weighted by atomic mass is 9.74. The van der Waals surface area contributed by atoms with Crippen LogP contribution in [0.5, 0.6) is 11.5 Å². The number of nitrogens with zero attached hydrogens (tertiary/aromatic N) is 2. The zero-order chi connectivity index (χ0) is 21.8. The number of hydrogen-bond donors (Lipinski definition) is 1. The van der Waals surface area contributed by atoms with Gasteiger partial charge in [-0.3, -0.25) is 4.99 Å². The van der Waals surface area contributed by atoms with Crippen LogP contribution in [0, 0.1) is 0 Å². The number of aliphatic imine (C=N–C) groups is 1. The van der Waals surface area contributed by atoms with Crippen molar-refractivity contribution in [2.75, 3.05) is 46.2 Å². The highest BCUT2D eigenvalue weighted by Gasteiger charge is 2.36. The summed E-state index contributed by atoms with van der Waals surface area (Å²) in [6.45, 7) is 7.62. The Bertz CT molecular complexity index is 941. The molecule has 1 unspecified atom stereocenters. The van der Waals surface area contributed by atoms with E-state index in [2.05, 4.69) is 59.6 Å². The number of benzene rings is 2. The van der Waals surface area contributed by atoms with Gasteiger partial charge in [-0.15, -0.1) is 0 Å². The van der Waals surface area contributed by atoms with Gasteiger partial charge in [0.1, 0.15) is 0 Å². The number of ether oxygens (including phenoxy) is 3. The molecule has 3 aliphatic rings. The lowest BCUT2D eigenvalue weighted by molar-refractivity contribution is 0.0529. The normalized spacial score (nSPS) is 22.2. The highest BCUT2D eigenvalue weighted by Crippen LogP contribution is 2.41. The van der Waals surface area contributed by atoms with E-state index in [-0.39, 0.29) is 5.41 Å². The minimum Gasteiger partial charge on any atom is -0.454 e. The van der Waals surface area contributed by atoms with E-state index < -0.39 is 0 Å². The molecular weight excluding hydrogens is 402 g/mol. The number of hydrogen-bond acceptors (Lipinski definition) is 4. The van der Waals surface area contributed by atoms with Gasteiger partial charge in [-0.05, 0) is 49.4 Å². The Labute approximate surface area is 190 Å². The Morgan fingerprint density at radius 2 is 1.91 bits per heavy atom. The van der Waals surface area contributed by atoms with Crippen molar-refractivity contribution in [3.8, 4) is 11.5 Å². The van der Waals surface area contributed by atoms with E-state index in [1.165, 1.54) is 11.1 Å². The van der Waals surface area contributed by atoms with Gasteiger partial charge in [0.25, 0.3) is 0 Å². The molecule has 6 heteroatoms. The fourth-order valence-corrected chi connectivity index (χ4v) is 5.13. The molecular formula is C26H33N3O3. The van der Waals surface area contributed by atoms with Crippen LogP contribution in [0.25, 0.3) is 0 Å². The lowest BCUT2D eigenvalue weighted by Gasteiger charge is -2.37. The van der Waals surface area contributed by atoms with E-state index in [4.69, 9.17) is 19.2 Å². The zero-order valence-electron chi connectivity index (χ0n) is 18.9. The molecule has 0 spiro atoms. The molecule has 0 aromatic heterocycles. The monoisotopic (exact) mass is 435 g/mol. The number of fused-ring (bicyclic) bond motifs is 1. The Morgan fingerprint density at radius 3 is 2.72 bits per heavy atom. The van der Waals surface area contributed by atoms with Crippen molar-refractivity contribution < 1.29 is 14.2 Å². The molecule has 6 nitrogen and oxygen atoms in total. The summed E-state index contributed by atoms with van der Waals surface area (Å²) in [6.07, 6.45) is 3.08. The molecule has 0 radical (unpaired) electrons. The first kappa shape index (κ1) is 21.1. The second-order valence-corrected chi connectivity index (χ2v) is 8.97. The van der Waals surface area contributed by atoms with Crippen LogP contribution < -0.4 is 14.8 Å². The quantitative estimate of drug-likeness (QED) is 0.570. The lowest BCUT2D eigenvalue weighted by Crippen LogP contribution is -2.42. The Morgan fingerprint density at radius 1 is 1.09 bits per heavy atom. The highest BCUT2D eigenvalue weighted by atomic mass is 16.7. The van der Waals surface area contributed by atoms with Gasteiger partial charge in [0.05, 0.1) is 6.54 Å². The van der Waals surface area contributed by atoms with Gasteiger partial charge in [0.2, 0.25) is 6.79 Å². The van der Waals surface area contributed by atoms with E-state index in [0.717, 1.165) is 76.1 Å². The van der Waals surface area contributed by atoms with Crippen LogP contribution in [0.15, 0.2) is 53.5 Å². The predicted octanol–water partition coefficient (Wildman–Crippen LogP) is 3.92. The summed E-state index contributed by atoms with van der Waals surface area (Å²) in [4.78, 5) is 7.62. The van der Waals surface area contributed by atoms with Crippen molar-refractivity contribution in [2.24, 2.45) is 4.99 Å². The molecule has 32 heavy (non-hydrogen) atoms. The third kappa shape index (κ3) is 4.29. The van der Waals surface area contributed by atoms with E-state index in [1.54, 1.807) is 0 Å². The van der Waals surface area contributed by atoms with E-state index in [9.17, 15) is 0 Å². The maximum absolute atomic E-state index is 5.73. The minimum atomic E-state index is -0.0432. The molecule has 1 atom stereocenters. The number of rotatable bonds is 5. The SMILES string of the molecule is CCNC(=NCC1(c2ccc3c(c2)OCO3)CCOCC1)N1CCC(c2ccccc2)C1. The Hall–Kier alpha value is -2.73. The van der Waals surface area contributed by atoms with Gasteiger partial charge in [-0.1, -0.05) is 36.4 Å². The number of guanidine groups is 1. The molecule has 2 aromatic rings. The molecule has 5 rings (SSSR count). The second-order valence-electron chi connectivity index (χ2n) is 8.97. The minimum absolute atomic E-state index is 0.0432. The summed E-state index contributed by atoms with van der Waals surface area (Å²) in [6, 6.07) is 17.2. The largest absolute Gasteiger partial charge is 0.454 e. The van der Waals surface area contributed by atoms with Crippen molar-refractivity contribution in [2.45, 2.75) is 37.5 Å². The fourth-order valence-electron chi connectivity index (χ4n) is 5.13. The average molecular weight is 436 g/mol. The van der Waals surface area contributed by atoms with Crippen LogP contribution in [0.3, 0.4) is 0 Å². The van der Waals surface area contributed by atoms with Crippen molar-refractivity contribution in [3.05, 3.63) is 59.7 Å². The maximum atomic E-state index is 5.73. The van der Waals surface area contributed by atoms with Crippen LogP contribution in [0.2, 0.25) is 0 Å². The molecule has 0 amide bonds. The summed E-state index contributed by atoms with van der Waals surface area (Å²) in [5.41, 5.74) is 2.65. The van der Waals surface area contributed by atoms with Crippen molar-refractivity contribution in [1.82, 2.24) is 10.2 Å². The Balaban J connectivity index is 1.37. The summed E-state index contributed by atoms with van der Waals surface area (Å²) in [5, 5.41) is 3.55. The summed E-state index contributed by atoms with van der Waals surface area (Å²) in [7, 11) is 0. The van der Waals surface area contributed by atoms with E-state index >= 15 is 0 Å². The highest BCUT2D eigenvalue weighted by molar-refractivity contribution is 5.80. The average Bonchev–Trinajstić information content (AvgIpc) is 3.52. The Kier molecular flexibility index (Phi) is 6.21. The molecule has 170 valence electrons.